The van der Waals surface area contributed by atoms with E-state index in [0.29, 0.717) is 17.5 Å². The van der Waals surface area contributed by atoms with Crippen LogP contribution in [-0.4, -0.2) is 31.0 Å². The van der Waals surface area contributed by atoms with E-state index in [2.05, 4.69) is 34.3 Å². The van der Waals surface area contributed by atoms with Crippen molar-refractivity contribution >= 4 is 23.1 Å². The molecular formula is C11H14ClN5O. The van der Waals surface area contributed by atoms with Crippen molar-refractivity contribution in [2.75, 3.05) is 5.32 Å². The molecule has 2 atom stereocenters. The number of H-pyrrole nitrogens is 1. The van der Waals surface area contributed by atoms with Crippen molar-refractivity contribution in [1.29, 1.82) is 0 Å². The van der Waals surface area contributed by atoms with E-state index in [-0.39, 0.29) is 16.5 Å². The van der Waals surface area contributed by atoms with Gasteiger partial charge in [-0.3, -0.25) is 0 Å². The predicted octanol–water partition coefficient (Wildman–Crippen LogP) is 1.24. The fourth-order valence-electron chi connectivity index (χ4n) is 2.18. The third-order valence-electron chi connectivity index (χ3n) is 3.78. The first-order valence-electron chi connectivity index (χ1n) is 5.82. The number of aromatic nitrogens is 4. The molecule has 0 radical (unpaired) electrons. The molecular weight excluding hydrogens is 254 g/mol. The third kappa shape index (κ3) is 1.59. The number of fused-ring (bicyclic) bond motifs is 1. The number of anilines is 1. The number of hydrogen-bond acceptors (Lipinski definition) is 4. The Morgan fingerprint density at radius 2 is 2.39 bits per heavy atom. The van der Waals surface area contributed by atoms with Gasteiger partial charge in [0.15, 0.2) is 5.65 Å². The Balaban J connectivity index is 1.86. The minimum atomic E-state index is -0.283. The zero-order valence-electron chi connectivity index (χ0n) is 10.1. The van der Waals surface area contributed by atoms with Gasteiger partial charge in [0, 0.05) is 22.9 Å². The number of aromatic amines is 1. The molecule has 2 aromatic heterocycles. The highest BCUT2D eigenvalue weighted by atomic mass is 35.5. The molecule has 1 aliphatic carbocycles. The van der Waals surface area contributed by atoms with Crippen LogP contribution >= 0.6 is 11.6 Å². The second kappa shape index (κ2) is 3.71. The molecule has 2 aromatic rings. The molecule has 1 aliphatic rings. The minimum absolute atomic E-state index is 0.0423. The summed E-state index contributed by atoms with van der Waals surface area (Å²) in [5, 5.41) is 9.80. The molecule has 18 heavy (non-hydrogen) atoms. The molecule has 3 rings (SSSR count). The van der Waals surface area contributed by atoms with Gasteiger partial charge in [-0.05, 0) is 6.42 Å². The first-order chi connectivity index (χ1) is 8.48. The van der Waals surface area contributed by atoms with E-state index >= 15 is 0 Å². The molecule has 0 bridgehead atoms. The smallest absolute Gasteiger partial charge is 0.348 e. The highest BCUT2D eigenvalue weighted by molar-refractivity contribution is 6.21. The van der Waals surface area contributed by atoms with E-state index in [9.17, 15) is 4.79 Å². The van der Waals surface area contributed by atoms with E-state index in [1.54, 1.807) is 6.07 Å². The van der Waals surface area contributed by atoms with Crippen LogP contribution in [0.3, 0.4) is 0 Å². The lowest BCUT2D eigenvalue weighted by atomic mass is 9.67. The van der Waals surface area contributed by atoms with Crippen molar-refractivity contribution < 1.29 is 0 Å². The van der Waals surface area contributed by atoms with Gasteiger partial charge in [-0.2, -0.15) is 5.10 Å². The molecule has 6 nitrogen and oxygen atoms in total. The average molecular weight is 268 g/mol. The molecule has 2 heterocycles. The Kier molecular flexibility index (Phi) is 2.38. The number of nitrogens with one attached hydrogen (secondary N) is 2. The highest BCUT2D eigenvalue weighted by Gasteiger charge is 2.47. The van der Waals surface area contributed by atoms with Crippen molar-refractivity contribution in [3.8, 4) is 0 Å². The van der Waals surface area contributed by atoms with Crippen molar-refractivity contribution in [3.05, 3.63) is 22.9 Å². The highest BCUT2D eigenvalue weighted by Crippen LogP contribution is 2.45. The molecule has 0 amide bonds. The van der Waals surface area contributed by atoms with E-state index in [0.717, 1.165) is 6.42 Å². The van der Waals surface area contributed by atoms with Crippen LogP contribution in [0.1, 0.15) is 20.3 Å². The molecule has 0 saturated heterocycles. The molecule has 96 valence electrons. The summed E-state index contributed by atoms with van der Waals surface area (Å²) in [5.74, 6) is 0.711. The maximum Gasteiger partial charge on any atom is 0.348 e. The van der Waals surface area contributed by atoms with Gasteiger partial charge >= 0.3 is 5.69 Å². The second-order valence-corrected chi connectivity index (χ2v) is 5.78. The second-order valence-electron chi connectivity index (χ2n) is 5.25. The first-order valence-corrected chi connectivity index (χ1v) is 6.25. The minimum Gasteiger partial charge on any atom is -0.367 e. The standard InChI is InChI=1S/C11H14ClN5O/c1-11(2)6(12)3-7(11)14-8-4-9-15-16-10(18)17(9)5-13-8/h4-7,14H,3H2,1-2H3,(H,16,18). The summed E-state index contributed by atoms with van der Waals surface area (Å²) in [4.78, 5) is 15.5. The van der Waals surface area contributed by atoms with E-state index in [1.165, 1.54) is 10.7 Å². The fourth-order valence-corrected chi connectivity index (χ4v) is 2.51. The van der Waals surface area contributed by atoms with Gasteiger partial charge in [-0.25, -0.2) is 19.3 Å². The van der Waals surface area contributed by atoms with Gasteiger partial charge in [-0.15, -0.1) is 11.6 Å². The molecule has 1 saturated carbocycles. The van der Waals surface area contributed by atoms with Gasteiger partial charge in [0.05, 0.1) is 0 Å². The molecule has 2 N–H and O–H groups in total. The number of rotatable bonds is 2. The van der Waals surface area contributed by atoms with Crippen LogP contribution in [0, 0.1) is 5.41 Å². The SMILES string of the molecule is CC1(C)C(Cl)CC1Nc1cc2n[nH]c(=O)n2cn1. The number of halogens is 1. The monoisotopic (exact) mass is 267 g/mol. The quantitative estimate of drug-likeness (QED) is 0.803. The molecule has 0 aliphatic heterocycles. The summed E-state index contributed by atoms with van der Waals surface area (Å²) in [7, 11) is 0. The lowest BCUT2D eigenvalue weighted by Gasteiger charge is -2.49. The normalized spacial score (nSPS) is 25.9. The van der Waals surface area contributed by atoms with Crippen LogP contribution in [0.4, 0.5) is 5.82 Å². The Morgan fingerprint density at radius 1 is 1.61 bits per heavy atom. The number of hydrogen-bond donors (Lipinski definition) is 2. The van der Waals surface area contributed by atoms with Gasteiger partial charge in [0.2, 0.25) is 0 Å². The van der Waals surface area contributed by atoms with Crippen LogP contribution in [0.15, 0.2) is 17.2 Å². The van der Waals surface area contributed by atoms with E-state index < -0.39 is 0 Å². The molecule has 7 heteroatoms. The maximum atomic E-state index is 11.3. The Morgan fingerprint density at radius 3 is 3.06 bits per heavy atom. The van der Waals surface area contributed by atoms with E-state index in [1.807, 2.05) is 0 Å². The Labute approximate surface area is 108 Å². The van der Waals surface area contributed by atoms with E-state index in [4.69, 9.17) is 11.6 Å². The molecule has 2 unspecified atom stereocenters. The lowest BCUT2D eigenvalue weighted by molar-refractivity contribution is 0.168. The summed E-state index contributed by atoms with van der Waals surface area (Å²) in [5.41, 5.74) is 0.312. The van der Waals surface area contributed by atoms with Gasteiger partial charge < -0.3 is 5.32 Å². The van der Waals surface area contributed by atoms with Crippen molar-refractivity contribution in [3.63, 3.8) is 0 Å². The van der Waals surface area contributed by atoms with Gasteiger partial charge in [0.25, 0.3) is 0 Å². The summed E-state index contributed by atoms with van der Waals surface area (Å²) >= 11 is 6.18. The average Bonchev–Trinajstić information content (AvgIpc) is 2.70. The fraction of sp³-hybridized carbons (Fsp3) is 0.545. The summed E-state index contributed by atoms with van der Waals surface area (Å²) in [6, 6.07) is 2.04. The van der Waals surface area contributed by atoms with Crippen molar-refractivity contribution in [2.24, 2.45) is 5.41 Å². The number of nitrogens with zero attached hydrogens (tertiary/aromatic N) is 3. The zero-order chi connectivity index (χ0) is 12.9. The third-order valence-corrected chi connectivity index (χ3v) is 4.52. The number of alkyl halides is 1. The summed E-state index contributed by atoms with van der Waals surface area (Å²) in [6.07, 6.45) is 2.38. The van der Waals surface area contributed by atoms with Crippen molar-refractivity contribution in [2.45, 2.75) is 31.7 Å². The Hall–Kier alpha value is -1.56. The first kappa shape index (κ1) is 11.5. The van der Waals surface area contributed by atoms with Gasteiger partial charge in [-0.1, -0.05) is 13.8 Å². The van der Waals surface area contributed by atoms with Crippen LogP contribution in [0.2, 0.25) is 0 Å². The molecule has 0 spiro atoms. The summed E-state index contributed by atoms with van der Waals surface area (Å²) < 4.78 is 1.36. The topological polar surface area (TPSA) is 75.1 Å². The summed E-state index contributed by atoms with van der Waals surface area (Å²) in [6.45, 7) is 4.26. The van der Waals surface area contributed by atoms with Crippen LogP contribution in [0.5, 0.6) is 0 Å². The van der Waals surface area contributed by atoms with Crippen LogP contribution < -0.4 is 11.0 Å². The predicted molar refractivity (Wildman–Crippen MR) is 69.1 cm³/mol. The van der Waals surface area contributed by atoms with Crippen LogP contribution in [0.25, 0.3) is 5.65 Å². The zero-order valence-corrected chi connectivity index (χ0v) is 10.9. The lowest BCUT2D eigenvalue weighted by Crippen LogP contribution is -2.54. The molecule has 1 fully saturated rings. The van der Waals surface area contributed by atoms with Gasteiger partial charge in [0.1, 0.15) is 12.1 Å². The Bertz CT molecular complexity index is 646. The molecule has 0 aromatic carbocycles. The maximum absolute atomic E-state index is 11.3. The largest absolute Gasteiger partial charge is 0.367 e. The van der Waals surface area contributed by atoms with Crippen molar-refractivity contribution in [1.82, 2.24) is 19.6 Å². The van der Waals surface area contributed by atoms with Crippen LogP contribution in [-0.2, 0) is 0 Å².